The first-order valence-corrected chi connectivity index (χ1v) is 14.0. The molecule has 0 bridgehead atoms. The molecule has 0 aromatic heterocycles. The number of sulfonamides is 1. The van der Waals surface area contributed by atoms with Gasteiger partial charge in [0.25, 0.3) is 6.02 Å². The molecule has 4 rings (SSSR count). The summed E-state index contributed by atoms with van der Waals surface area (Å²) in [5.74, 6) is -0.487. The van der Waals surface area contributed by atoms with Crippen LogP contribution in [-0.2, 0) is 21.3 Å². The van der Waals surface area contributed by atoms with Crippen molar-refractivity contribution in [2.75, 3.05) is 20.7 Å². The van der Waals surface area contributed by atoms with E-state index in [1.807, 2.05) is 26.2 Å². The average Bonchev–Trinajstić information content (AvgIpc) is 2.83. The minimum Gasteiger partial charge on any atom is -0.457 e. The van der Waals surface area contributed by atoms with Gasteiger partial charge in [-0.3, -0.25) is 0 Å². The van der Waals surface area contributed by atoms with E-state index in [4.69, 9.17) is 4.74 Å². The topological polar surface area (TPSA) is 91.2 Å². The van der Waals surface area contributed by atoms with Crippen LogP contribution in [0.4, 0.5) is 4.39 Å². The van der Waals surface area contributed by atoms with Crippen LogP contribution in [0.25, 0.3) is 11.1 Å². The lowest BCUT2D eigenvalue weighted by atomic mass is 9.95. The fourth-order valence-electron chi connectivity index (χ4n) is 4.83. The third-order valence-corrected chi connectivity index (χ3v) is 8.39. The summed E-state index contributed by atoms with van der Waals surface area (Å²) in [7, 11) is 0.103. The SMILES string of the molecule is CN(C)Cc1ccc(-c2ccc(C3C(C)(C)OC(=NC(CCO)c4ccccc4F)NS3(=O)=O)cc2)cc1. The highest BCUT2D eigenvalue weighted by Crippen LogP contribution is 2.39. The van der Waals surface area contributed by atoms with Crippen molar-refractivity contribution in [2.45, 2.75) is 43.7 Å². The molecule has 0 spiro atoms. The van der Waals surface area contributed by atoms with Crippen molar-refractivity contribution in [1.29, 1.82) is 0 Å². The van der Waals surface area contributed by atoms with Crippen molar-refractivity contribution in [3.05, 3.63) is 95.3 Å². The molecule has 2 N–H and O–H groups in total. The van der Waals surface area contributed by atoms with Gasteiger partial charge in [-0.1, -0.05) is 66.7 Å². The molecule has 1 fully saturated rings. The van der Waals surface area contributed by atoms with E-state index in [-0.39, 0.29) is 24.6 Å². The summed E-state index contributed by atoms with van der Waals surface area (Å²) in [6, 6.07) is 20.7. The van der Waals surface area contributed by atoms with Gasteiger partial charge in [0.2, 0.25) is 10.0 Å². The second-order valence-corrected chi connectivity index (χ2v) is 12.0. The number of ether oxygens (including phenoxy) is 1. The molecular weight excluding hydrogens is 505 g/mol. The summed E-state index contributed by atoms with van der Waals surface area (Å²) in [5.41, 5.74) is 2.89. The van der Waals surface area contributed by atoms with Gasteiger partial charge in [-0.25, -0.2) is 22.5 Å². The van der Waals surface area contributed by atoms with Crippen LogP contribution in [-0.4, -0.2) is 50.7 Å². The molecule has 1 heterocycles. The van der Waals surface area contributed by atoms with Crippen LogP contribution in [0.5, 0.6) is 0 Å². The maximum absolute atomic E-state index is 14.4. The Morgan fingerprint density at radius 3 is 2.18 bits per heavy atom. The molecule has 0 aliphatic carbocycles. The zero-order valence-electron chi connectivity index (χ0n) is 22.1. The molecule has 1 aliphatic heterocycles. The Kier molecular flexibility index (Phi) is 8.20. The largest absolute Gasteiger partial charge is 0.457 e. The van der Waals surface area contributed by atoms with Crippen LogP contribution in [0.15, 0.2) is 77.8 Å². The van der Waals surface area contributed by atoms with E-state index in [9.17, 15) is 17.9 Å². The highest BCUT2D eigenvalue weighted by molar-refractivity contribution is 7.90. The average molecular weight is 540 g/mol. The number of hydrogen-bond acceptors (Lipinski definition) is 6. The Balaban J connectivity index is 1.58. The third-order valence-electron chi connectivity index (χ3n) is 6.47. The molecule has 0 radical (unpaired) electrons. The van der Waals surface area contributed by atoms with Crippen molar-refractivity contribution < 1.29 is 22.7 Å². The first-order chi connectivity index (χ1) is 18.0. The number of benzene rings is 3. The van der Waals surface area contributed by atoms with Crippen LogP contribution >= 0.6 is 0 Å². The maximum atomic E-state index is 14.4. The predicted octanol–water partition coefficient (Wildman–Crippen LogP) is 4.80. The molecule has 1 saturated heterocycles. The van der Waals surface area contributed by atoms with Crippen molar-refractivity contribution >= 4 is 16.0 Å². The van der Waals surface area contributed by atoms with Crippen LogP contribution in [0, 0.1) is 5.82 Å². The smallest absolute Gasteiger partial charge is 0.299 e. The van der Waals surface area contributed by atoms with E-state index < -0.39 is 32.7 Å². The molecule has 0 amide bonds. The van der Waals surface area contributed by atoms with E-state index in [1.54, 1.807) is 44.2 Å². The van der Waals surface area contributed by atoms with Crippen LogP contribution in [0.3, 0.4) is 0 Å². The quantitative estimate of drug-likeness (QED) is 0.429. The Morgan fingerprint density at radius 2 is 1.63 bits per heavy atom. The fourth-order valence-corrected chi connectivity index (χ4v) is 6.59. The lowest BCUT2D eigenvalue weighted by Gasteiger charge is -2.39. The second kappa shape index (κ2) is 11.2. The predicted molar refractivity (Wildman–Crippen MR) is 148 cm³/mol. The molecule has 2 unspecified atom stereocenters. The van der Waals surface area contributed by atoms with Gasteiger partial charge in [-0.05, 0) is 62.7 Å². The Morgan fingerprint density at radius 1 is 1.03 bits per heavy atom. The van der Waals surface area contributed by atoms with Gasteiger partial charge in [0, 0.05) is 18.7 Å². The molecule has 1 aliphatic rings. The summed E-state index contributed by atoms with van der Waals surface area (Å²) < 4.78 is 49.7. The molecule has 202 valence electrons. The van der Waals surface area contributed by atoms with E-state index >= 15 is 0 Å². The van der Waals surface area contributed by atoms with Crippen LogP contribution in [0.2, 0.25) is 0 Å². The van der Waals surface area contributed by atoms with Crippen molar-refractivity contribution in [3.8, 4) is 11.1 Å². The van der Waals surface area contributed by atoms with E-state index in [1.165, 1.54) is 11.6 Å². The lowest BCUT2D eigenvalue weighted by molar-refractivity contribution is 0.0758. The number of aliphatic imine (C=N–C) groups is 1. The minimum absolute atomic E-state index is 0.108. The number of nitrogens with one attached hydrogen (secondary N) is 1. The third kappa shape index (κ3) is 6.23. The van der Waals surface area contributed by atoms with Gasteiger partial charge >= 0.3 is 0 Å². The lowest BCUT2D eigenvalue weighted by Crippen LogP contribution is -2.53. The van der Waals surface area contributed by atoms with E-state index in [0.29, 0.717) is 5.56 Å². The maximum Gasteiger partial charge on any atom is 0.299 e. The molecule has 3 aromatic rings. The Hall–Kier alpha value is -3.27. The standard InChI is InChI=1S/C29H34FN3O4S/c1-29(2)27(23-15-13-22(14-16-23)21-11-9-20(10-12-21)19-33(3)4)38(35,36)32-28(37-29)31-26(17-18-34)24-7-5-6-8-25(24)30/h5-16,26-27,34H,17-19H2,1-4H3,(H,31,32). The van der Waals surface area contributed by atoms with Gasteiger partial charge in [0.15, 0.2) is 0 Å². The Labute approximate surface area is 224 Å². The highest BCUT2D eigenvalue weighted by atomic mass is 32.2. The first kappa shape index (κ1) is 27.8. The minimum atomic E-state index is -3.95. The van der Waals surface area contributed by atoms with Gasteiger partial charge in [-0.15, -0.1) is 0 Å². The summed E-state index contributed by atoms with van der Waals surface area (Å²) in [5, 5.41) is 8.49. The zero-order chi connectivity index (χ0) is 27.5. The van der Waals surface area contributed by atoms with Gasteiger partial charge in [0.05, 0.1) is 6.04 Å². The molecule has 2 atom stereocenters. The van der Waals surface area contributed by atoms with Crippen molar-refractivity contribution in [1.82, 2.24) is 9.62 Å². The zero-order valence-corrected chi connectivity index (χ0v) is 22.9. The summed E-state index contributed by atoms with van der Waals surface area (Å²) in [6.45, 7) is 3.98. The molecular formula is C29H34FN3O4S. The molecule has 38 heavy (non-hydrogen) atoms. The van der Waals surface area contributed by atoms with Crippen LogP contribution in [0.1, 0.15) is 48.3 Å². The molecule has 9 heteroatoms. The number of halogens is 1. The monoisotopic (exact) mass is 539 g/mol. The molecule has 7 nitrogen and oxygen atoms in total. The van der Waals surface area contributed by atoms with Crippen molar-refractivity contribution in [3.63, 3.8) is 0 Å². The van der Waals surface area contributed by atoms with Crippen molar-refractivity contribution in [2.24, 2.45) is 4.99 Å². The number of hydrogen-bond donors (Lipinski definition) is 2. The fraction of sp³-hybridized carbons (Fsp3) is 0.345. The summed E-state index contributed by atoms with van der Waals surface area (Å²) in [6.07, 6.45) is 0.108. The number of amidine groups is 1. The number of rotatable bonds is 8. The first-order valence-electron chi connectivity index (χ1n) is 12.5. The van der Waals surface area contributed by atoms with Gasteiger partial charge < -0.3 is 14.7 Å². The van der Waals surface area contributed by atoms with Gasteiger partial charge in [0.1, 0.15) is 16.7 Å². The summed E-state index contributed by atoms with van der Waals surface area (Å²) in [4.78, 5) is 6.46. The second-order valence-electron chi connectivity index (χ2n) is 10.3. The normalized spacial score (nSPS) is 20.1. The number of nitrogens with zero attached hydrogens (tertiary/aromatic N) is 2. The van der Waals surface area contributed by atoms with E-state index in [0.717, 1.165) is 17.7 Å². The summed E-state index contributed by atoms with van der Waals surface area (Å²) >= 11 is 0. The highest BCUT2D eigenvalue weighted by Gasteiger charge is 2.48. The van der Waals surface area contributed by atoms with Gasteiger partial charge in [-0.2, -0.15) is 0 Å². The molecule has 3 aromatic carbocycles. The molecule has 0 saturated carbocycles. The van der Waals surface area contributed by atoms with E-state index in [2.05, 4.69) is 38.9 Å². The number of aliphatic hydroxyl groups excluding tert-OH is 1. The van der Waals surface area contributed by atoms with Crippen LogP contribution < -0.4 is 4.72 Å². The number of aliphatic hydroxyl groups is 1. The Bertz CT molecular complexity index is 1390.